The van der Waals surface area contributed by atoms with E-state index in [9.17, 15) is 18.0 Å². The molecule has 0 aliphatic carbocycles. The average molecular weight is 318 g/mol. The van der Waals surface area contributed by atoms with E-state index in [0.717, 1.165) is 32.0 Å². The van der Waals surface area contributed by atoms with E-state index in [1.165, 1.54) is 0 Å². The van der Waals surface area contributed by atoms with Crippen molar-refractivity contribution in [2.24, 2.45) is 5.92 Å². The van der Waals surface area contributed by atoms with Gasteiger partial charge in [-0.2, -0.15) is 18.3 Å². The predicted molar refractivity (Wildman–Crippen MR) is 75.2 cm³/mol. The summed E-state index contributed by atoms with van der Waals surface area (Å²) in [6.07, 6.45) is -2.50. The third-order valence-electron chi connectivity index (χ3n) is 4.06. The van der Waals surface area contributed by atoms with Gasteiger partial charge in [0.1, 0.15) is 0 Å². The number of H-pyrrole nitrogens is 1. The summed E-state index contributed by atoms with van der Waals surface area (Å²) in [6, 6.07) is 0.890. The van der Waals surface area contributed by atoms with Crippen LogP contribution >= 0.6 is 0 Å². The minimum atomic E-state index is -4.49. The molecule has 2 heterocycles. The summed E-state index contributed by atoms with van der Waals surface area (Å²) in [5.41, 5.74) is -0.805. The monoisotopic (exact) mass is 318 g/mol. The number of carbonyl (C=O) groups is 1. The second-order valence-corrected chi connectivity index (χ2v) is 5.97. The average Bonchev–Trinajstić information content (AvgIpc) is 2.90. The zero-order chi connectivity index (χ0) is 16.3. The lowest BCUT2D eigenvalue weighted by Gasteiger charge is -2.31. The van der Waals surface area contributed by atoms with Gasteiger partial charge in [0.25, 0.3) is 0 Å². The molecule has 1 fully saturated rings. The van der Waals surface area contributed by atoms with Gasteiger partial charge in [0.2, 0.25) is 5.91 Å². The molecule has 0 spiro atoms. The van der Waals surface area contributed by atoms with Crippen molar-refractivity contribution in [3.63, 3.8) is 0 Å². The number of amides is 1. The number of likely N-dealkylation sites (tertiary alicyclic amines) is 1. The number of hydrogen-bond donors (Lipinski definition) is 1. The normalized spacial score (nSPS) is 17.7. The standard InChI is InChI=1S/C14H21F3N4O/c1-20-5-3-10(4-6-20)9-21(2)13(22)8-11-7-12(19-18-11)14(15,16)17/h7,10H,3-6,8-9H2,1-2H3,(H,18,19). The molecule has 0 radical (unpaired) electrons. The first-order valence-corrected chi connectivity index (χ1v) is 7.29. The Balaban J connectivity index is 1.85. The smallest absolute Gasteiger partial charge is 0.345 e. The maximum Gasteiger partial charge on any atom is 0.435 e. The number of carbonyl (C=O) groups excluding carboxylic acids is 1. The van der Waals surface area contributed by atoms with Crippen molar-refractivity contribution in [1.82, 2.24) is 20.0 Å². The summed E-state index contributed by atoms with van der Waals surface area (Å²) in [5.74, 6) is 0.258. The maximum absolute atomic E-state index is 12.5. The Hall–Kier alpha value is -1.57. The van der Waals surface area contributed by atoms with Crippen LogP contribution in [0.4, 0.5) is 13.2 Å². The van der Waals surface area contributed by atoms with Crippen LogP contribution in [0.25, 0.3) is 0 Å². The van der Waals surface area contributed by atoms with E-state index >= 15 is 0 Å². The van der Waals surface area contributed by atoms with Crippen molar-refractivity contribution in [3.05, 3.63) is 17.5 Å². The van der Waals surface area contributed by atoms with E-state index in [1.807, 2.05) is 0 Å². The molecule has 1 aliphatic rings. The number of aromatic nitrogens is 2. The Bertz CT molecular complexity index is 506. The number of aromatic amines is 1. The molecule has 2 rings (SSSR count). The van der Waals surface area contributed by atoms with Gasteiger partial charge >= 0.3 is 6.18 Å². The number of hydrogen-bond acceptors (Lipinski definition) is 3. The van der Waals surface area contributed by atoms with Crippen molar-refractivity contribution >= 4 is 5.91 Å². The van der Waals surface area contributed by atoms with Gasteiger partial charge in [0.05, 0.1) is 6.42 Å². The Kier molecular flexibility index (Phi) is 5.10. The molecule has 1 aromatic rings. The molecule has 0 atom stereocenters. The van der Waals surface area contributed by atoms with Gasteiger partial charge in [-0.05, 0) is 45.0 Å². The van der Waals surface area contributed by atoms with Crippen molar-refractivity contribution in [1.29, 1.82) is 0 Å². The fraction of sp³-hybridized carbons (Fsp3) is 0.714. The topological polar surface area (TPSA) is 52.2 Å². The number of piperidine rings is 1. The number of nitrogens with one attached hydrogen (secondary N) is 1. The third-order valence-corrected chi connectivity index (χ3v) is 4.06. The molecule has 0 saturated carbocycles. The molecule has 8 heteroatoms. The van der Waals surface area contributed by atoms with Crippen molar-refractivity contribution in [2.75, 3.05) is 33.7 Å². The highest BCUT2D eigenvalue weighted by Gasteiger charge is 2.34. The van der Waals surface area contributed by atoms with Gasteiger partial charge in [-0.3, -0.25) is 9.89 Å². The number of likely N-dealkylation sites (N-methyl/N-ethyl adjacent to an activating group) is 1. The van der Waals surface area contributed by atoms with Gasteiger partial charge in [-0.15, -0.1) is 0 Å². The summed E-state index contributed by atoms with van der Waals surface area (Å²) in [4.78, 5) is 15.9. The van der Waals surface area contributed by atoms with Crippen LogP contribution in [0.15, 0.2) is 6.07 Å². The van der Waals surface area contributed by atoms with Crippen LogP contribution in [-0.4, -0.2) is 59.6 Å². The van der Waals surface area contributed by atoms with Crippen LogP contribution in [0.1, 0.15) is 24.2 Å². The Morgan fingerprint density at radius 3 is 2.64 bits per heavy atom. The molecular formula is C14H21F3N4O. The van der Waals surface area contributed by atoms with Gasteiger partial charge in [0, 0.05) is 19.3 Å². The molecule has 1 amide bonds. The zero-order valence-electron chi connectivity index (χ0n) is 12.8. The largest absolute Gasteiger partial charge is 0.435 e. The SMILES string of the molecule is CN1CCC(CN(C)C(=O)Cc2cc(C(F)(F)F)n[nH]2)CC1. The highest BCUT2D eigenvalue weighted by Crippen LogP contribution is 2.27. The minimum absolute atomic E-state index is 0.0911. The van der Waals surface area contributed by atoms with Crippen LogP contribution in [0, 0.1) is 5.92 Å². The van der Waals surface area contributed by atoms with E-state index in [4.69, 9.17) is 0 Å². The second kappa shape index (κ2) is 6.68. The molecule has 1 aromatic heterocycles. The number of rotatable bonds is 4. The number of nitrogens with zero attached hydrogens (tertiary/aromatic N) is 3. The molecule has 124 valence electrons. The lowest BCUT2D eigenvalue weighted by atomic mass is 9.96. The van der Waals surface area contributed by atoms with E-state index < -0.39 is 11.9 Å². The lowest BCUT2D eigenvalue weighted by Crippen LogP contribution is -2.38. The molecule has 5 nitrogen and oxygen atoms in total. The molecule has 0 unspecified atom stereocenters. The van der Waals surface area contributed by atoms with Crippen LogP contribution in [-0.2, 0) is 17.4 Å². The quantitative estimate of drug-likeness (QED) is 0.920. The highest BCUT2D eigenvalue weighted by molar-refractivity contribution is 5.78. The van der Waals surface area contributed by atoms with E-state index in [0.29, 0.717) is 12.5 Å². The summed E-state index contributed by atoms with van der Waals surface area (Å²) >= 11 is 0. The first-order chi connectivity index (χ1) is 10.3. The van der Waals surface area contributed by atoms with Crippen molar-refractivity contribution in [3.8, 4) is 0 Å². The Morgan fingerprint density at radius 2 is 2.09 bits per heavy atom. The predicted octanol–water partition coefficient (Wildman–Crippen LogP) is 1.77. The fourth-order valence-electron chi connectivity index (χ4n) is 2.63. The van der Waals surface area contributed by atoms with Gasteiger partial charge in [0.15, 0.2) is 5.69 Å². The van der Waals surface area contributed by atoms with E-state index in [2.05, 4.69) is 22.1 Å². The summed E-state index contributed by atoms with van der Waals surface area (Å²) in [7, 11) is 3.77. The van der Waals surface area contributed by atoms with Crippen LogP contribution < -0.4 is 0 Å². The molecule has 1 aliphatic heterocycles. The summed E-state index contributed by atoms with van der Waals surface area (Å²) < 4.78 is 37.4. The molecule has 0 bridgehead atoms. The number of halogens is 3. The van der Waals surface area contributed by atoms with Gasteiger partial charge in [-0.1, -0.05) is 0 Å². The molecule has 22 heavy (non-hydrogen) atoms. The summed E-state index contributed by atoms with van der Waals surface area (Å²) in [5, 5.41) is 5.48. The van der Waals surface area contributed by atoms with E-state index in [-0.39, 0.29) is 18.0 Å². The highest BCUT2D eigenvalue weighted by atomic mass is 19.4. The second-order valence-electron chi connectivity index (χ2n) is 5.97. The van der Waals surface area contributed by atoms with Crippen LogP contribution in [0.5, 0.6) is 0 Å². The summed E-state index contributed by atoms with van der Waals surface area (Å²) in [6.45, 7) is 2.68. The van der Waals surface area contributed by atoms with Crippen LogP contribution in [0.3, 0.4) is 0 Å². The molecule has 1 saturated heterocycles. The Morgan fingerprint density at radius 1 is 1.45 bits per heavy atom. The van der Waals surface area contributed by atoms with Crippen molar-refractivity contribution < 1.29 is 18.0 Å². The first-order valence-electron chi connectivity index (χ1n) is 7.29. The van der Waals surface area contributed by atoms with Gasteiger partial charge in [-0.25, -0.2) is 0 Å². The third kappa shape index (κ3) is 4.46. The van der Waals surface area contributed by atoms with Crippen LogP contribution in [0.2, 0.25) is 0 Å². The molecule has 1 N–H and O–H groups in total. The molecule has 0 aromatic carbocycles. The minimum Gasteiger partial charge on any atom is -0.345 e. The molecular weight excluding hydrogens is 297 g/mol. The lowest BCUT2D eigenvalue weighted by molar-refractivity contribution is -0.141. The number of alkyl halides is 3. The maximum atomic E-state index is 12.5. The Labute approximate surface area is 127 Å². The van der Waals surface area contributed by atoms with E-state index in [1.54, 1.807) is 11.9 Å². The first kappa shape index (κ1) is 16.8. The fourth-order valence-corrected chi connectivity index (χ4v) is 2.63. The zero-order valence-corrected chi connectivity index (χ0v) is 12.8. The van der Waals surface area contributed by atoms with Gasteiger partial charge < -0.3 is 9.80 Å². The van der Waals surface area contributed by atoms with Crippen molar-refractivity contribution in [2.45, 2.75) is 25.4 Å².